The number of hydrogen-bond donors (Lipinski definition) is 1. The van der Waals surface area contributed by atoms with E-state index in [4.69, 9.17) is 5.11 Å². The first-order valence-corrected chi connectivity index (χ1v) is 5.26. The average molecular weight is 223 g/mol. The maximum atomic E-state index is 12.8. The van der Waals surface area contributed by atoms with Crippen molar-refractivity contribution in [3.05, 3.63) is 35.6 Å². The molecule has 4 heteroatoms. The van der Waals surface area contributed by atoms with E-state index >= 15 is 0 Å². The Hall–Kier alpha value is -1.42. The van der Waals surface area contributed by atoms with Gasteiger partial charge in [0.1, 0.15) is 5.82 Å². The minimum atomic E-state index is -0.753. The third-order valence-electron chi connectivity index (χ3n) is 3.15. The summed E-state index contributed by atoms with van der Waals surface area (Å²) in [6, 6.07) is 6.36. The number of hydrogen-bond acceptors (Lipinski definition) is 2. The predicted molar refractivity (Wildman–Crippen MR) is 57.5 cm³/mol. The molecule has 86 valence electrons. The highest BCUT2D eigenvalue weighted by atomic mass is 19.1. The molecule has 1 N–H and O–H groups in total. The van der Waals surface area contributed by atoms with E-state index in [0.717, 1.165) is 5.56 Å². The zero-order valence-corrected chi connectivity index (χ0v) is 9.06. The van der Waals surface area contributed by atoms with Crippen LogP contribution in [0.15, 0.2) is 24.3 Å². The predicted octanol–water partition coefficient (Wildman–Crippen LogP) is 1.90. The molecule has 1 heterocycles. The topological polar surface area (TPSA) is 40.5 Å². The van der Waals surface area contributed by atoms with Crippen LogP contribution in [0.25, 0.3) is 0 Å². The maximum absolute atomic E-state index is 12.8. The highest BCUT2D eigenvalue weighted by Crippen LogP contribution is 2.34. The summed E-state index contributed by atoms with van der Waals surface area (Å²) in [6.07, 6.45) is 0.595. The second-order valence-corrected chi connectivity index (χ2v) is 4.28. The first kappa shape index (κ1) is 11.1. The van der Waals surface area contributed by atoms with E-state index in [1.54, 1.807) is 12.1 Å². The molecule has 2 atom stereocenters. The summed E-state index contributed by atoms with van der Waals surface area (Å²) in [4.78, 5) is 12.9. The number of aliphatic carboxylic acids is 1. The summed E-state index contributed by atoms with van der Waals surface area (Å²) >= 11 is 0. The largest absolute Gasteiger partial charge is 0.481 e. The quantitative estimate of drug-likeness (QED) is 0.832. The molecule has 3 nitrogen and oxygen atoms in total. The van der Waals surface area contributed by atoms with Crippen molar-refractivity contribution in [1.29, 1.82) is 0 Å². The third kappa shape index (κ3) is 2.07. The fraction of sp³-hybridized carbons (Fsp3) is 0.417. The summed E-state index contributed by atoms with van der Waals surface area (Å²) in [5.74, 6) is -1.34. The van der Waals surface area contributed by atoms with Crippen LogP contribution < -0.4 is 0 Å². The number of nitrogens with zero attached hydrogens (tertiary/aromatic N) is 1. The normalized spacial score (nSPS) is 25.9. The molecule has 1 aromatic carbocycles. The van der Waals surface area contributed by atoms with E-state index in [9.17, 15) is 9.18 Å². The van der Waals surface area contributed by atoms with Gasteiger partial charge in [0.15, 0.2) is 0 Å². The van der Waals surface area contributed by atoms with Gasteiger partial charge in [-0.05, 0) is 31.2 Å². The zero-order chi connectivity index (χ0) is 11.7. The van der Waals surface area contributed by atoms with Crippen LogP contribution >= 0.6 is 0 Å². The molecule has 0 radical (unpaired) electrons. The molecule has 2 rings (SSSR count). The summed E-state index contributed by atoms with van der Waals surface area (Å²) in [5.41, 5.74) is 0.979. The van der Waals surface area contributed by atoms with Gasteiger partial charge >= 0.3 is 5.97 Å². The number of carboxylic acids is 1. The molecule has 0 unspecified atom stereocenters. The molecule has 1 aliphatic heterocycles. The molecule has 1 aliphatic rings. The van der Waals surface area contributed by atoms with E-state index in [-0.39, 0.29) is 17.8 Å². The first-order chi connectivity index (χ1) is 7.58. The van der Waals surface area contributed by atoms with Gasteiger partial charge in [-0.25, -0.2) is 4.39 Å². The summed E-state index contributed by atoms with van der Waals surface area (Å²) < 4.78 is 12.8. The van der Waals surface area contributed by atoms with Crippen molar-refractivity contribution >= 4 is 5.97 Å². The Labute approximate surface area is 93.5 Å². The number of halogens is 1. The first-order valence-electron chi connectivity index (χ1n) is 5.26. The van der Waals surface area contributed by atoms with Gasteiger partial charge in [-0.1, -0.05) is 12.1 Å². The Morgan fingerprint density at radius 1 is 1.44 bits per heavy atom. The van der Waals surface area contributed by atoms with E-state index in [1.807, 2.05) is 11.9 Å². The van der Waals surface area contributed by atoms with Gasteiger partial charge in [0.25, 0.3) is 0 Å². The van der Waals surface area contributed by atoms with Crippen LogP contribution in [0.3, 0.4) is 0 Å². The fourth-order valence-corrected chi connectivity index (χ4v) is 2.25. The molecule has 0 amide bonds. The van der Waals surface area contributed by atoms with Crippen molar-refractivity contribution in [2.45, 2.75) is 12.5 Å². The molecule has 0 spiro atoms. The van der Waals surface area contributed by atoms with Crippen molar-refractivity contribution in [3.8, 4) is 0 Å². The van der Waals surface area contributed by atoms with Gasteiger partial charge < -0.3 is 5.11 Å². The van der Waals surface area contributed by atoms with Gasteiger partial charge in [0.2, 0.25) is 0 Å². The average Bonchev–Trinajstić information content (AvgIpc) is 2.62. The van der Waals surface area contributed by atoms with E-state index in [2.05, 4.69) is 0 Å². The summed E-state index contributed by atoms with van der Waals surface area (Å²) in [5, 5.41) is 8.95. The van der Waals surface area contributed by atoms with E-state index < -0.39 is 5.97 Å². The maximum Gasteiger partial charge on any atom is 0.307 e. The van der Waals surface area contributed by atoms with Crippen molar-refractivity contribution in [2.24, 2.45) is 5.92 Å². The molecular weight excluding hydrogens is 209 g/mol. The Kier molecular flexibility index (Phi) is 2.92. The second-order valence-electron chi connectivity index (χ2n) is 4.28. The van der Waals surface area contributed by atoms with E-state index in [0.29, 0.717) is 13.0 Å². The minimum absolute atomic E-state index is 0.0849. The van der Waals surface area contributed by atoms with Crippen LogP contribution in [0.5, 0.6) is 0 Å². The highest BCUT2D eigenvalue weighted by Gasteiger charge is 2.34. The molecule has 0 aliphatic carbocycles. The SMILES string of the molecule is CN1C[C@@H](C(=O)O)C[C@@H]1c1ccc(F)cc1. The number of carboxylic acid groups (broad SMARTS) is 1. The smallest absolute Gasteiger partial charge is 0.307 e. The molecule has 1 aromatic rings. The standard InChI is InChI=1S/C12H14FNO2/c1-14-7-9(12(15)16)6-11(14)8-2-4-10(13)5-3-8/h2-5,9,11H,6-7H2,1H3,(H,15,16)/t9-,11+/m0/s1. The Morgan fingerprint density at radius 2 is 2.06 bits per heavy atom. The fourth-order valence-electron chi connectivity index (χ4n) is 2.25. The van der Waals surface area contributed by atoms with E-state index in [1.165, 1.54) is 12.1 Å². The molecule has 0 bridgehead atoms. The van der Waals surface area contributed by atoms with Crippen LogP contribution in [0, 0.1) is 11.7 Å². The van der Waals surface area contributed by atoms with Crippen molar-refractivity contribution in [3.63, 3.8) is 0 Å². The molecular formula is C12H14FNO2. The Balaban J connectivity index is 2.16. The van der Waals surface area contributed by atoms with Gasteiger partial charge in [-0.3, -0.25) is 9.69 Å². The highest BCUT2D eigenvalue weighted by molar-refractivity contribution is 5.70. The van der Waals surface area contributed by atoms with Gasteiger partial charge in [-0.15, -0.1) is 0 Å². The lowest BCUT2D eigenvalue weighted by molar-refractivity contribution is -0.141. The number of likely N-dealkylation sites (tertiary alicyclic amines) is 1. The third-order valence-corrected chi connectivity index (χ3v) is 3.15. The van der Waals surface area contributed by atoms with Crippen LogP contribution in [-0.2, 0) is 4.79 Å². The van der Waals surface area contributed by atoms with Crippen LogP contribution in [-0.4, -0.2) is 29.6 Å². The minimum Gasteiger partial charge on any atom is -0.481 e. The molecule has 0 aromatic heterocycles. The van der Waals surface area contributed by atoms with Crippen molar-refractivity contribution in [1.82, 2.24) is 4.90 Å². The lowest BCUT2D eigenvalue weighted by atomic mass is 10.00. The summed E-state index contributed by atoms with van der Waals surface area (Å²) in [7, 11) is 1.90. The lowest BCUT2D eigenvalue weighted by Crippen LogP contribution is -2.20. The lowest BCUT2D eigenvalue weighted by Gasteiger charge is -2.19. The zero-order valence-electron chi connectivity index (χ0n) is 9.06. The Morgan fingerprint density at radius 3 is 2.56 bits per heavy atom. The second kappa shape index (κ2) is 4.22. The van der Waals surface area contributed by atoms with Crippen LogP contribution in [0.4, 0.5) is 4.39 Å². The Bertz CT molecular complexity index is 391. The van der Waals surface area contributed by atoms with Crippen LogP contribution in [0.1, 0.15) is 18.0 Å². The number of rotatable bonds is 2. The molecule has 1 saturated heterocycles. The monoisotopic (exact) mass is 223 g/mol. The van der Waals surface area contributed by atoms with Crippen molar-refractivity contribution < 1.29 is 14.3 Å². The molecule has 16 heavy (non-hydrogen) atoms. The van der Waals surface area contributed by atoms with Crippen LogP contribution in [0.2, 0.25) is 0 Å². The van der Waals surface area contributed by atoms with Gasteiger partial charge in [0, 0.05) is 12.6 Å². The molecule has 0 saturated carbocycles. The van der Waals surface area contributed by atoms with Gasteiger partial charge in [0.05, 0.1) is 5.92 Å². The van der Waals surface area contributed by atoms with Gasteiger partial charge in [-0.2, -0.15) is 0 Å². The summed E-state index contributed by atoms with van der Waals surface area (Å²) in [6.45, 7) is 0.553. The van der Waals surface area contributed by atoms with Crippen molar-refractivity contribution in [2.75, 3.05) is 13.6 Å². The number of benzene rings is 1. The number of carbonyl (C=O) groups is 1. The molecule has 1 fully saturated rings.